The maximum Gasteiger partial charge on any atom is 0.246 e. The summed E-state index contributed by atoms with van der Waals surface area (Å²) in [6, 6.07) is 8.72. The molecule has 2 amide bonds. The summed E-state index contributed by atoms with van der Waals surface area (Å²) in [6.45, 7) is 21.4. The van der Waals surface area contributed by atoms with Crippen molar-refractivity contribution in [2.45, 2.75) is 41.5 Å². The number of nitrogens with zero attached hydrogens (tertiary/aromatic N) is 4. The van der Waals surface area contributed by atoms with E-state index in [4.69, 9.17) is 0 Å². The van der Waals surface area contributed by atoms with Gasteiger partial charge in [0.2, 0.25) is 11.8 Å². The van der Waals surface area contributed by atoms with Crippen LogP contribution in [0.1, 0.15) is 44.5 Å². The van der Waals surface area contributed by atoms with Gasteiger partial charge in [-0.1, -0.05) is 60.7 Å². The topological polar surface area (TPSA) is 47.1 Å². The van der Waals surface area contributed by atoms with Gasteiger partial charge in [-0.15, -0.1) is 24.8 Å². The third-order valence-electron chi connectivity index (χ3n) is 9.28. The van der Waals surface area contributed by atoms with Crippen molar-refractivity contribution >= 4 is 48.8 Å². The summed E-state index contributed by atoms with van der Waals surface area (Å²) in [7, 11) is 0. The fourth-order valence-electron chi connectivity index (χ4n) is 5.82. The lowest BCUT2D eigenvalue weighted by molar-refractivity contribution is -0.128. The summed E-state index contributed by atoms with van der Waals surface area (Å²) in [5.74, 6) is 0.160. The smallest absolute Gasteiger partial charge is 0.246 e. The van der Waals surface area contributed by atoms with Crippen LogP contribution in [0.4, 0.5) is 0 Å². The fourth-order valence-corrected chi connectivity index (χ4v) is 5.82. The van der Waals surface area contributed by atoms with Gasteiger partial charge in [-0.3, -0.25) is 19.4 Å². The first-order valence-corrected chi connectivity index (χ1v) is 16.0. The van der Waals surface area contributed by atoms with E-state index < -0.39 is 0 Å². The second-order valence-electron chi connectivity index (χ2n) is 12.3. The van der Waals surface area contributed by atoms with Crippen molar-refractivity contribution in [1.29, 1.82) is 0 Å². The van der Waals surface area contributed by atoms with Gasteiger partial charge in [0.05, 0.1) is 0 Å². The number of amides is 2. The molecular weight excluding hydrogens is 615 g/mol. The molecule has 0 N–H and O–H groups in total. The molecule has 4 rings (SSSR count). The summed E-state index contributed by atoms with van der Waals surface area (Å²) >= 11 is 0. The first-order chi connectivity index (χ1) is 21.1. The number of rotatable bonds is 9. The van der Waals surface area contributed by atoms with Crippen LogP contribution in [0.3, 0.4) is 0 Å². The number of carbonyl (C=O) groups excluding carboxylic acids is 2. The molecule has 46 heavy (non-hydrogen) atoms. The van der Waals surface area contributed by atoms with Crippen molar-refractivity contribution in [1.82, 2.24) is 19.6 Å². The van der Waals surface area contributed by atoms with Crippen molar-refractivity contribution in [2.75, 3.05) is 65.4 Å². The van der Waals surface area contributed by atoms with Crippen LogP contribution in [-0.2, 0) is 9.59 Å². The molecule has 0 spiro atoms. The van der Waals surface area contributed by atoms with E-state index in [9.17, 15) is 9.59 Å². The molecule has 0 aromatic heterocycles. The van der Waals surface area contributed by atoms with Gasteiger partial charge in [-0.25, -0.2) is 0 Å². The average Bonchev–Trinajstić information content (AvgIpc) is 3.02. The first-order valence-electron chi connectivity index (χ1n) is 16.0. The number of aryl methyl sites for hydroxylation is 4. The molecule has 0 unspecified atom stereocenters. The molecule has 0 bridgehead atoms. The minimum atomic E-state index is 0. The highest BCUT2D eigenvalue weighted by Gasteiger charge is 2.22. The average molecular weight is 668 g/mol. The number of allylic oxidation sites excluding steroid dienone is 4. The molecule has 2 aliphatic heterocycles. The number of carbonyl (C=O) groups is 2. The van der Waals surface area contributed by atoms with Crippen LogP contribution in [0.2, 0.25) is 0 Å². The van der Waals surface area contributed by atoms with Crippen molar-refractivity contribution in [3.63, 3.8) is 0 Å². The zero-order valence-electron chi connectivity index (χ0n) is 28.4. The highest BCUT2D eigenvalue weighted by Crippen LogP contribution is 2.17. The van der Waals surface area contributed by atoms with Crippen LogP contribution in [0, 0.1) is 41.5 Å². The predicted molar refractivity (Wildman–Crippen MR) is 198 cm³/mol. The van der Waals surface area contributed by atoms with Crippen LogP contribution in [0.15, 0.2) is 60.7 Å². The van der Waals surface area contributed by atoms with Crippen molar-refractivity contribution < 1.29 is 9.59 Å². The molecule has 2 aromatic rings. The summed E-state index contributed by atoms with van der Waals surface area (Å²) in [4.78, 5) is 34.1. The first kappa shape index (κ1) is 39.0. The quantitative estimate of drug-likeness (QED) is 0.226. The minimum absolute atomic E-state index is 0. The van der Waals surface area contributed by atoms with Gasteiger partial charge >= 0.3 is 0 Å². The highest BCUT2D eigenvalue weighted by atomic mass is 35.5. The van der Waals surface area contributed by atoms with Crippen molar-refractivity contribution in [3.8, 4) is 0 Å². The Balaban J connectivity index is 0.00000368. The lowest BCUT2D eigenvalue weighted by Crippen LogP contribution is -2.52. The third-order valence-corrected chi connectivity index (χ3v) is 9.28. The summed E-state index contributed by atoms with van der Waals surface area (Å²) < 4.78 is 0. The Morgan fingerprint density at radius 1 is 0.522 bits per heavy atom. The van der Waals surface area contributed by atoms with E-state index in [1.807, 2.05) is 34.1 Å². The standard InChI is InChI=1S/C38H50N4O2.2ClH/c1-29-25-35(26-30(2)33(29)5)11-7-9-13-37(43)41-21-17-39(18-22-41)15-16-40-19-23-42(24-20-40)38(44)14-10-8-12-36-27-31(3)34(6)32(4)28-36;;/h7-14,25-28H,15-24H2,1-6H3;2*1H/b11-7+,12-8+,13-9+,14-10+;;. The second kappa shape index (κ2) is 18.9. The number of hydrogen-bond donors (Lipinski definition) is 0. The van der Waals surface area contributed by atoms with Gasteiger partial charge in [-0.05, 0) is 86.1 Å². The van der Waals surface area contributed by atoms with Crippen LogP contribution >= 0.6 is 24.8 Å². The SMILES string of the molecule is Cc1cc(/C=C/C=C/C(=O)N2CCN(CCN3CCN(C(=O)/C=C/C=C/c4cc(C)c(C)c(C)c4)CC3)CC2)cc(C)c1C.Cl.Cl. The van der Waals surface area contributed by atoms with Crippen LogP contribution in [-0.4, -0.2) is 96.9 Å². The molecule has 2 saturated heterocycles. The Kier molecular flexibility index (Phi) is 16.0. The fraction of sp³-hybridized carbons (Fsp3) is 0.421. The summed E-state index contributed by atoms with van der Waals surface area (Å²) in [5.41, 5.74) is 10.1. The van der Waals surface area contributed by atoms with Crippen LogP contribution in [0.5, 0.6) is 0 Å². The van der Waals surface area contributed by atoms with E-state index in [2.05, 4.69) is 87.8 Å². The van der Waals surface area contributed by atoms with Crippen molar-refractivity contribution in [3.05, 3.63) is 105 Å². The van der Waals surface area contributed by atoms with E-state index in [1.165, 1.54) is 33.4 Å². The molecule has 2 fully saturated rings. The van der Waals surface area contributed by atoms with Crippen LogP contribution in [0.25, 0.3) is 12.2 Å². The van der Waals surface area contributed by atoms with Gasteiger partial charge in [0.1, 0.15) is 0 Å². The van der Waals surface area contributed by atoms with E-state index >= 15 is 0 Å². The number of halogens is 2. The van der Waals surface area contributed by atoms with E-state index in [0.717, 1.165) is 76.6 Å². The number of benzene rings is 2. The van der Waals surface area contributed by atoms with Gasteiger partial charge in [-0.2, -0.15) is 0 Å². The molecular formula is C38H52Cl2N4O2. The maximum atomic E-state index is 12.7. The monoisotopic (exact) mass is 666 g/mol. The van der Waals surface area contributed by atoms with Crippen molar-refractivity contribution in [2.24, 2.45) is 0 Å². The van der Waals surface area contributed by atoms with Gasteiger partial charge < -0.3 is 9.80 Å². The second-order valence-corrected chi connectivity index (χ2v) is 12.3. The molecule has 0 saturated carbocycles. The number of hydrogen-bond acceptors (Lipinski definition) is 4. The maximum absolute atomic E-state index is 12.7. The lowest BCUT2D eigenvalue weighted by Gasteiger charge is -2.37. The molecule has 250 valence electrons. The third kappa shape index (κ3) is 11.3. The molecule has 0 atom stereocenters. The van der Waals surface area contributed by atoms with E-state index in [1.54, 1.807) is 12.2 Å². The van der Waals surface area contributed by atoms with Gasteiger partial charge in [0.15, 0.2) is 0 Å². The number of piperazine rings is 2. The zero-order chi connectivity index (χ0) is 31.6. The molecule has 2 aromatic carbocycles. The minimum Gasteiger partial charge on any atom is -0.337 e. The normalized spacial score (nSPS) is 16.5. The van der Waals surface area contributed by atoms with Gasteiger partial charge in [0.25, 0.3) is 0 Å². The summed E-state index contributed by atoms with van der Waals surface area (Å²) in [6.07, 6.45) is 15.1. The van der Waals surface area contributed by atoms with E-state index in [-0.39, 0.29) is 36.6 Å². The predicted octanol–water partition coefficient (Wildman–Crippen LogP) is 6.51. The largest absolute Gasteiger partial charge is 0.337 e. The molecule has 0 aliphatic carbocycles. The molecule has 2 aliphatic rings. The molecule has 8 heteroatoms. The molecule has 0 radical (unpaired) electrons. The highest BCUT2D eigenvalue weighted by molar-refractivity contribution is 5.88. The van der Waals surface area contributed by atoms with Gasteiger partial charge in [0, 0.05) is 77.6 Å². The Bertz CT molecular complexity index is 1290. The summed E-state index contributed by atoms with van der Waals surface area (Å²) in [5, 5.41) is 0. The Morgan fingerprint density at radius 3 is 1.13 bits per heavy atom. The molecule has 6 nitrogen and oxygen atoms in total. The zero-order valence-corrected chi connectivity index (χ0v) is 30.1. The Morgan fingerprint density at radius 2 is 0.826 bits per heavy atom. The van der Waals surface area contributed by atoms with Crippen LogP contribution < -0.4 is 0 Å². The molecule has 2 heterocycles. The lowest BCUT2D eigenvalue weighted by atomic mass is 10.0. The van der Waals surface area contributed by atoms with E-state index in [0.29, 0.717) is 0 Å². The Hall–Kier alpha value is -3.16. The Labute approximate surface area is 289 Å².